The minimum Gasteiger partial charge on any atom is -0.423 e. The number of carbonyl (C=O) groups excluding carboxylic acids is 1. The van der Waals surface area contributed by atoms with E-state index in [1.54, 1.807) is 18.2 Å². The molecule has 1 aromatic carbocycles. The molecule has 0 aromatic heterocycles. The largest absolute Gasteiger partial charge is 0.423 e. The fourth-order valence-corrected chi connectivity index (χ4v) is 6.03. The Labute approximate surface area is 194 Å². The molecule has 1 fully saturated rings. The second-order valence-electron chi connectivity index (χ2n) is 9.88. The first-order chi connectivity index (χ1) is 15.2. The van der Waals surface area contributed by atoms with Gasteiger partial charge in [-0.25, -0.2) is 4.79 Å². The lowest BCUT2D eigenvalue weighted by atomic mass is 9.47. The predicted octanol–water partition coefficient (Wildman–Crippen LogP) is 5.46. The number of hydrogen-bond donors (Lipinski definition) is 2. The normalized spacial score (nSPS) is 36.1. The fourth-order valence-electron chi connectivity index (χ4n) is 5.90. The number of esters is 1. The van der Waals surface area contributed by atoms with Gasteiger partial charge >= 0.3 is 5.97 Å². The Balaban J connectivity index is 1.60. The summed E-state index contributed by atoms with van der Waals surface area (Å²) >= 11 is 5.94. The van der Waals surface area contributed by atoms with Gasteiger partial charge in [-0.2, -0.15) is 0 Å². The molecule has 4 rings (SSSR count). The number of halogens is 1. The van der Waals surface area contributed by atoms with Crippen LogP contribution in [0.2, 0.25) is 5.02 Å². The number of fused-ring (bicyclic) bond motifs is 1. The van der Waals surface area contributed by atoms with E-state index in [1.165, 1.54) is 5.57 Å². The molecule has 1 aliphatic heterocycles. The van der Waals surface area contributed by atoms with Crippen LogP contribution in [0.1, 0.15) is 45.6 Å². The monoisotopic (exact) mass is 454 g/mol. The zero-order chi connectivity index (χ0) is 23.1. The summed E-state index contributed by atoms with van der Waals surface area (Å²) in [4.78, 5) is 12.5. The summed E-state index contributed by atoms with van der Waals surface area (Å²) in [7, 11) is 0. The SMILES string of the molecule is CC1=CC[C@@H]2[C@](C)(CO)[C@H](O)CC[C@@]2(C)[C@@H]1/C=C/C1=CC(=C/c2ccc(Cl)cc2)/OC1=O. The third kappa shape index (κ3) is 4.00. The second kappa shape index (κ2) is 8.66. The van der Waals surface area contributed by atoms with Crippen molar-refractivity contribution in [2.45, 2.75) is 46.1 Å². The van der Waals surface area contributed by atoms with Crippen LogP contribution in [0, 0.1) is 22.7 Å². The maximum Gasteiger partial charge on any atom is 0.343 e. The van der Waals surface area contributed by atoms with Gasteiger partial charge in [0, 0.05) is 16.4 Å². The van der Waals surface area contributed by atoms with Crippen molar-refractivity contribution in [2.75, 3.05) is 6.61 Å². The van der Waals surface area contributed by atoms with Crippen molar-refractivity contribution >= 4 is 23.6 Å². The molecule has 0 bridgehead atoms. The molecule has 2 aliphatic carbocycles. The molecule has 4 nitrogen and oxygen atoms in total. The number of benzene rings is 1. The van der Waals surface area contributed by atoms with Gasteiger partial charge in [0.1, 0.15) is 5.76 Å². The Kier molecular flexibility index (Phi) is 6.23. The van der Waals surface area contributed by atoms with E-state index in [9.17, 15) is 15.0 Å². The molecule has 1 heterocycles. The molecule has 2 N–H and O–H groups in total. The third-order valence-corrected chi connectivity index (χ3v) is 8.17. The Morgan fingerprint density at radius 3 is 2.66 bits per heavy atom. The minimum atomic E-state index is -0.531. The second-order valence-corrected chi connectivity index (χ2v) is 10.3. The summed E-state index contributed by atoms with van der Waals surface area (Å²) < 4.78 is 5.44. The molecule has 0 radical (unpaired) electrons. The van der Waals surface area contributed by atoms with E-state index < -0.39 is 11.5 Å². The molecule has 0 spiro atoms. The zero-order valence-corrected chi connectivity index (χ0v) is 19.6. The molecular weight excluding hydrogens is 424 g/mol. The van der Waals surface area contributed by atoms with E-state index in [1.807, 2.05) is 31.2 Å². The Morgan fingerprint density at radius 1 is 1.25 bits per heavy atom. The van der Waals surface area contributed by atoms with Crippen molar-refractivity contribution in [3.8, 4) is 0 Å². The molecule has 1 aromatic rings. The Morgan fingerprint density at radius 2 is 1.97 bits per heavy atom. The van der Waals surface area contributed by atoms with Gasteiger partial charge in [0.05, 0.1) is 18.3 Å². The van der Waals surface area contributed by atoms with Gasteiger partial charge in [0.2, 0.25) is 0 Å². The van der Waals surface area contributed by atoms with E-state index in [0.29, 0.717) is 22.8 Å². The lowest BCUT2D eigenvalue weighted by molar-refractivity contribution is -0.138. The first-order valence-corrected chi connectivity index (χ1v) is 11.6. The van der Waals surface area contributed by atoms with Gasteiger partial charge in [-0.3, -0.25) is 0 Å². The summed E-state index contributed by atoms with van der Waals surface area (Å²) in [6.07, 6.45) is 11.6. The number of aliphatic hydroxyl groups is 2. The first kappa shape index (κ1) is 23.0. The first-order valence-electron chi connectivity index (χ1n) is 11.2. The quantitative estimate of drug-likeness (QED) is 0.468. The molecule has 170 valence electrons. The average molecular weight is 455 g/mol. The van der Waals surface area contributed by atoms with Crippen LogP contribution >= 0.6 is 11.6 Å². The topological polar surface area (TPSA) is 66.8 Å². The Hall–Kier alpha value is -2.14. The van der Waals surface area contributed by atoms with E-state index in [0.717, 1.165) is 18.4 Å². The molecule has 1 saturated carbocycles. The molecule has 0 amide bonds. The van der Waals surface area contributed by atoms with Crippen molar-refractivity contribution in [1.29, 1.82) is 0 Å². The van der Waals surface area contributed by atoms with Crippen molar-refractivity contribution in [1.82, 2.24) is 0 Å². The van der Waals surface area contributed by atoms with E-state index >= 15 is 0 Å². The maximum atomic E-state index is 12.5. The smallest absolute Gasteiger partial charge is 0.343 e. The number of hydrogen-bond acceptors (Lipinski definition) is 4. The van der Waals surface area contributed by atoms with Crippen molar-refractivity contribution in [3.63, 3.8) is 0 Å². The molecule has 5 heteroatoms. The van der Waals surface area contributed by atoms with Gasteiger partial charge in [-0.15, -0.1) is 0 Å². The number of carbonyl (C=O) groups is 1. The molecule has 0 unspecified atom stereocenters. The van der Waals surface area contributed by atoms with E-state index in [2.05, 4.69) is 26.0 Å². The van der Waals surface area contributed by atoms with Crippen LogP contribution in [0.4, 0.5) is 0 Å². The standard InChI is InChI=1S/C27H31ClO4/c1-17-4-11-23-26(2,13-12-24(30)27(23,3)16-29)22(17)10-7-19-15-21(32-25(19)31)14-18-5-8-20(28)9-6-18/h4-10,14-15,22-24,29-30H,11-13,16H2,1-3H3/b10-7+,21-14-/t22-,23+,24-,26+,27+/m1/s1. The Bertz CT molecular complexity index is 1020. The maximum absolute atomic E-state index is 12.5. The summed E-state index contributed by atoms with van der Waals surface area (Å²) in [5.41, 5.74) is 2.06. The van der Waals surface area contributed by atoms with Crippen molar-refractivity contribution in [3.05, 3.63) is 76.1 Å². The predicted molar refractivity (Wildman–Crippen MR) is 127 cm³/mol. The van der Waals surface area contributed by atoms with Crippen LogP contribution in [-0.4, -0.2) is 28.9 Å². The van der Waals surface area contributed by atoms with Crippen LogP contribution in [-0.2, 0) is 9.53 Å². The number of ether oxygens (including phenoxy) is 1. The number of aliphatic hydroxyl groups excluding tert-OH is 2. The molecule has 5 atom stereocenters. The lowest BCUT2D eigenvalue weighted by Crippen LogP contribution is -2.56. The van der Waals surface area contributed by atoms with Gasteiger partial charge in [0.15, 0.2) is 0 Å². The van der Waals surface area contributed by atoms with Crippen molar-refractivity contribution in [2.24, 2.45) is 22.7 Å². The van der Waals surface area contributed by atoms with E-state index in [4.69, 9.17) is 16.3 Å². The van der Waals surface area contributed by atoms with Crippen LogP contribution < -0.4 is 0 Å². The molecule has 3 aliphatic rings. The van der Waals surface area contributed by atoms with Crippen LogP contribution in [0.3, 0.4) is 0 Å². The summed E-state index contributed by atoms with van der Waals surface area (Å²) in [5.74, 6) is 0.426. The summed E-state index contributed by atoms with van der Waals surface area (Å²) in [6, 6.07) is 7.34. The molecule has 0 saturated heterocycles. The number of allylic oxidation sites excluding steroid dienone is 4. The fraction of sp³-hybridized carbons (Fsp3) is 0.444. The average Bonchev–Trinajstić information content (AvgIpc) is 3.11. The van der Waals surface area contributed by atoms with Crippen LogP contribution in [0.5, 0.6) is 0 Å². The minimum absolute atomic E-state index is 0.0337. The van der Waals surface area contributed by atoms with Crippen molar-refractivity contribution < 1.29 is 19.7 Å². The number of rotatable bonds is 4. The van der Waals surface area contributed by atoms with Crippen LogP contribution in [0.15, 0.2) is 65.5 Å². The third-order valence-electron chi connectivity index (χ3n) is 7.92. The summed E-state index contributed by atoms with van der Waals surface area (Å²) in [5, 5.41) is 21.5. The van der Waals surface area contributed by atoms with E-state index in [-0.39, 0.29) is 29.8 Å². The highest BCUT2D eigenvalue weighted by Crippen LogP contribution is 2.60. The highest BCUT2D eigenvalue weighted by molar-refractivity contribution is 6.30. The molecule has 32 heavy (non-hydrogen) atoms. The highest BCUT2D eigenvalue weighted by Gasteiger charge is 2.56. The van der Waals surface area contributed by atoms with Gasteiger partial charge in [-0.05, 0) is 67.4 Å². The number of cyclic esters (lactones) is 1. The highest BCUT2D eigenvalue weighted by atomic mass is 35.5. The molecular formula is C27H31ClO4. The van der Waals surface area contributed by atoms with Crippen LogP contribution in [0.25, 0.3) is 6.08 Å². The lowest BCUT2D eigenvalue weighted by Gasteiger charge is -2.58. The van der Waals surface area contributed by atoms with Gasteiger partial charge in [-0.1, -0.05) is 61.4 Å². The zero-order valence-electron chi connectivity index (χ0n) is 18.8. The van der Waals surface area contributed by atoms with Gasteiger partial charge < -0.3 is 14.9 Å². The van der Waals surface area contributed by atoms with Gasteiger partial charge in [0.25, 0.3) is 0 Å². The summed E-state index contributed by atoms with van der Waals surface area (Å²) in [6.45, 7) is 6.36.